The van der Waals surface area contributed by atoms with Crippen molar-refractivity contribution in [2.45, 2.75) is 6.42 Å². The van der Waals surface area contributed by atoms with Crippen molar-refractivity contribution in [2.75, 3.05) is 25.5 Å². The molecule has 20 heavy (non-hydrogen) atoms. The minimum Gasteiger partial charge on any atom is -0.465 e. The third-order valence-electron chi connectivity index (χ3n) is 2.50. The maximum atomic E-state index is 11.4. The van der Waals surface area contributed by atoms with Gasteiger partial charge in [-0.3, -0.25) is 4.79 Å². The fraction of sp³-hybridized carbons (Fsp3) is 0.286. The van der Waals surface area contributed by atoms with Gasteiger partial charge >= 0.3 is 5.97 Å². The van der Waals surface area contributed by atoms with Gasteiger partial charge in [0, 0.05) is 19.5 Å². The lowest BCUT2D eigenvalue weighted by molar-refractivity contribution is -0.120. The molecule has 0 bridgehead atoms. The predicted molar refractivity (Wildman–Crippen MR) is 79.1 cm³/mol. The summed E-state index contributed by atoms with van der Waals surface area (Å²) in [4.78, 5) is 22.8. The summed E-state index contributed by atoms with van der Waals surface area (Å²) in [7, 11) is 1.31. The van der Waals surface area contributed by atoms with Gasteiger partial charge in [-0.15, -0.1) is 6.58 Å². The van der Waals surface area contributed by atoms with E-state index in [1.165, 1.54) is 7.11 Å². The highest BCUT2D eigenvalue weighted by atomic mass is 35.5. The molecule has 6 heteroatoms. The van der Waals surface area contributed by atoms with Crippen LogP contribution in [0.15, 0.2) is 30.9 Å². The van der Waals surface area contributed by atoms with Crippen LogP contribution in [0.5, 0.6) is 0 Å². The van der Waals surface area contributed by atoms with E-state index < -0.39 is 5.97 Å². The van der Waals surface area contributed by atoms with Gasteiger partial charge in [-0.05, 0) is 18.2 Å². The van der Waals surface area contributed by atoms with Crippen LogP contribution in [0.2, 0.25) is 5.02 Å². The third-order valence-corrected chi connectivity index (χ3v) is 2.83. The predicted octanol–water partition coefficient (Wildman–Crippen LogP) is 2.23. The fourth-order valence-electron chi connectivity index (χ4n) is 1.49. The van der Waals surface area contributed by atoms with Gasteiger partial charge in [0.15, 0.2) is 0 Å². The molecule has 1 aromatic rings. The SMILES string of the molecule is C=CCNC(=O)CCNc1cc(C(=O)OC)ccc1Cl. The van der Waals surface area contributed by atoms with E-state index in [4.69, 9.17) is 11.6 Å². The highest BCUT2D eigenvalue weighted by molar-refractivity contribution is 6.33. The van der Waals surface area contributed by atoms with E-state index in [2.05, 4.69) is 21.9 Å². The van der Waals surface area contributed by atoms with Crippen LogP contribution in [0.25, 0.3) is 0 Å². The van der Waals surface area contributed by atoms with Crippen LogP contribution in [0.4, 0.5) is 5.69 Å². The van der Waals surface area contributed by atoms with E-state index in [1.807, 2.05) is 0 Å². The minimum absolute atomic E-state index is 0.0855. The van der Waals surface area contributed by atoms with E-state index >= 15 is 0 Å². The number of esters is 1. The topological polar surface area (TPSA) is 67.4 Å². The van der Waals surface area contributed by atoms with Crippen molar-refractivity contribution in [3.8, 4) is 0 Å². The summed E-state index contributed by atoms with van der Waals surface area (Å²) in [5, 5.41) is 6.16. The molecule has 1 amide bonds. The van der Waals surface area contributed by atoms with Crippen molar-refractivity contribution in [1.82, 2.24) is 5.32 Å². The fourth-order valence-corrected chi connectivity index (χ4v) is 1.68. The number of carbonyl (C=O) groups is 2. The molecule has 0 radical (unpaired) electrons. The van der Waals surface area contributed by atoms with Gasteiger partial charge in [0.05, 0.1) is 23.4 Å². The number of benzene rings is 1. The summed E-state index contributed by atoms with van der Waals surface area (Å²) >= 11 is 6.01. The first-order chi connectivity index (χ1) is 9.58. The van der Waals surface area contributed by atoms with Crippen molar-refractivity contribution in [1.29, 1.82) is 0 Å². The van der Waals surface area contributed by atoms with Gasteiger partial charge in [-0.25, -0.2) is 4.79 Å². The highest BCUT2D eigenvalue weighted by Gasteiger charge is 2.09. The number of hydrogen-bond acceptors (Lipinski definition) is 4. The standard InChI is InChI=1S/C14H17ClN2O3/c1-3-7-17-13(18)6-8-16-12-9-10(14(19)20-2)4-5-11(12)15/h3-5,9,16H,1,6-8H2,2H3,(H,17,18). The van der Waals surface area contributed by atoms with Crippen molar-refractivity contribution in [3.63, 3.8) is 0 Å². The van der Waals surface area contributed by atoms with Gasteiger partial charge in [-0.1, -0.05) is 17.7 Å². The zero-order valence-electron chi connectivity index (χ0n) is 11.2. The van der Waals surface area contributed by atoms with Gasteiger partial charge in [0.1, 0.15) is 0 Å². The zero-order valence-corrected chi connectivity index (χ0v) is 12.0. The Hall–Kier alpha value is -2.01. The summed E-state index contributed by atoms with van der Waals surface area (Å²) in [6.45, 7) is 4.37. The summed E-state index contributed by atoms with van der Waals surface area (Å²) in [6.07, 6.45) is 1.91. The molecule has 0 fully saturated rings. The number of methoxy groups -OCH3 is 1. The van der Waals surface area contributed by atoms with Crippen LogP contribution < -0.4 is 10.6 Å². The monoisotopic (exact) mass is 296 g/mol. The molecule has 0 saturated carbocycles. The minimum atomic E-state index is -0.437. The van der Waals surface area contributed by atoms with Crippen LogP contribution >= 0.6 is 11.6 Å². The maximum absolute atomic E-state index is 11.4. The molecular weight excluding hydrogens is 280 g/mol. The van der Waals surface area contributed by atoms with Crippen LogP contribution in [-0.4, -0.2) is 32.1 Å². The Kier molecular flexibility index (Phi) is 6.59. The molecule has 0 saturated heterocycles. The first-order valence-electron chi connectivity index (χ1n) is 6.07. The number of anilines is 1. The van der Waals surface area contributed by atoms with Crippen molar-refractivity contribution in [2.24, 2.45) is 0 Å². The van der Waals surface area contributed by atoms with Crippen LogP contribution in [0, 0.1) is 0 Å². The Labute approximate surface area is 123 Å². The lowest BCUT2D eigenvalue weighted by Crippen LogP contribution is -2.25. The molecule has 0 spiro atoms. The first-order valence-corrected chi connectivity index (χ1v) is 6.45. The number of ether oxygens (including phenoxy) is 1. The lowest BCUT2D eigenvalue weighted by Gasteiger charge is -2.09. The Morgan fingerprint density at radius 3 is 2.85 bits per heavy atom. The molecule has 5 nitrogen and oxygen atoms in total. The molecular formula is C14H17ClN2O3. The number of halogens is 1. The summed E-state index contributed by atoms with van der Waals surface area (Å²) in [6, 6.07) is 4.78. The highest BCUT2D eigenvalue weighted by Crippen LogP contribution is 2.23. The number of nitrogens with one attached hydrogen (secondary N) is 2. The molecule has 0 aliphatic rings. The molecule has 0 aliphatic heterocycles. The summed E-state index contributed by atoms with van der Waals surface area (Å²) < 4.78 is 4.63. The maximum Gasteiger partial charge on any atom is 0.337 e. The van der Waals surface area contributed by atoms with Crippen molar-refractivity contribution in [3.05, 3.63) is 41.4 Å². The molecule has 0 unspecified atom stereocenters. The second-order valence-corrected chi connectivity index (χ2v) is 4.36. The number of carbonyl (C=O) groups excluding carboxylic acids is 2. The molecule has 0 heterocycles. The Balaban J connectivity index is 2.56. The van der Waals surface area contributed by atoms with E-state index in [0.717, 1.165) is 0 Å². The Bertz CT molecular complexity index is 503. The second kappa shape index (κ2) is 8.22. The van der Waals surface area contributed by atoms with Crippen molar-refractivity contribution < 1.29 is 14.3 Å². The summed E-state index contributed by atoms with van der Waals surface area (Å²) in [5.41, 5.74) is 0.988. The van der Waals surface area contributed by atoms with E-state index in [-0.39, 0.29) is 5.91 Å². The molecule has 0 aromatic heterocycles. The molecule has 2 N–H and O–H groups in total. The molecule has 0 atom stereocenters. The average molecular weight is 297 g/mol. The van der Waals surface area contributed by atoms with E-state index in [0.29, 0.717) is 35.8 Å². The van der Waals surface area contributed by atoms with Crippen LogP contribution in [0.1, 0.15) is 16.8 Å². The van der Waals surface area contributed by atoms with Gasteiger partial charge in [0.2, 0.25) is 5.91 Å². The third kappa shape index (κ3) is 4.93. The number of amides is 1. The van der Waals surface area contributed by atoms with Gasteiger partial charge in [-0.2, -0.15) is 0 Å². The summed E-state index contributed by atoms with van der Waals surface area (Å²) in [5.74, 6) is -0.522. The Morgan fingerprint density at radius 2 is 2.20 bits per heavy atom. The van der Waals surface area contributed by atoms with Gasteiger partial charge < -0.3 is 15.4 Å². The Morgan fingerprint density at radius 1 is 1.45 bits per heavy atom. The first kappa shape index (κ1) is 16.0. The average Bonchev–Trinajstić information content (AvgIpc) is 2.46. The lowest BCUT2D eigenvalue weighted by atomic mass is 10.2. The molecule has 1 aromatic carbocycles. The van der Waals surface area contributed by atoms with Crippen LogP contribution in [-0.2, 0) is 9.53 Å². The molecule has 1 rings (SSSR count). The van der Waals surface area contributed by atoms with Crippen molar-refractivity contribution >= 4 is 29.2 Å². The largest absolute Gasteiger partial charge is 0.465 e. The molecule has 0 aliphatic carbocycles. The van der Waals surface area contributed by atoms with E-state index in [1.54, 1.807) is 24.3 Å². The quantitative estimate of drug-likeness (QED) is 0.598. The second-order valence-electron chi connectivity index (χ2n) is 3.96. The van der Waals surface area contributed by atoms with Crippen LogP contribution in [0.3, 0.4) is 0 Å². The normalized spacial score (nSPS) is 9.70. The number of rotatable bonds is 7. The van der Waals surface area contributed by atoms with Gasteiger partial charge in [0.25, 0.3) is 0 Å². The molecule has 108 valence electrons. The zero-order chi connectivity index (χ0) is 15.0. The number of hydrogen-bond donors (Lipinski definition) is 2. The van der Waals surface area contributed by atoms with E-state index in [9.17, 15) is 9.59 Å². The smallest absolute Gasteiger partial charge is 0.337 e.